The van der Waals surface area contributed by atoms with Crippen molar-refractivity contribution in [3.8, 4) is 18.1 Å². The van der Waals surface area contributed by atoms with Gasteiger partial charge in [-0.2, -0.15) is 0 Å². The number of alkyl halides is 1. The summed E-state index contributed by atoms with van der Waals surface area (Å²) < 4.78 is 48.3. The van der Waals surface area contributed by atoms with Crippen LogP contribution in [0.3, 0.4) is 0 Å². The molecule has 0 aliphatic carbocycles. The van der Waals surface area contributed by atoms with Gasteiger partial charge < -0.3 is 43.0 Å². The van der Waals surface area contributed by atoms with Gasteiger partial charge in [0.15, 0.2) is 6.29 Å². The number of hydrogen-bond donors (Lipinski definition) is 1. The number of hydrogen-bond acceptors (Lipinski definition) is 10. The zero-order valence-corrected chi connectivity index (χ0v) is 25.5. The number of halogens is 1. The predicted molar refractivity (Wildman–Crippen MR) is 153 cm³/mol. The molecule has 234 valence electrons. The smallest absolute Gasteiger partial charge is 0.308 e. The Morgan fingerprint density at radius 3 is 2.50 bits per heavy atom. The number of fused-ring (bicyclic) bond motifs is 1. The second-order valence-corrected chi connectivity index (χ2v) is 11.6. The van der Waals surface area contributed by atoms with E-state index in [-0.39, 0.29) is 30.1 Å². The number of carbonyl (C=O) groups excluding carboxylic acids is 1. The van der Waals surface area contributed by atoms with Crippen molar-refractivity contribution >= 4 is 17.6 Å². The third kappa shape index (κ3) is 7.58. The van der Waals surface area contributed by atoms with Crippen LogP contribution in [-0.4, -0.2) is 93.4 Å². The Bertz CT molecular complexity index is 1050. The minimum Gasteiger partial charge on any atom is -0.497 e. The fraction of sp³-hybridized carbons (Fsp3) is 0.710. The summed E-state index contributed by atoms with van der Waals surface area (Å²) in [6.07, 6.45) is 5.28. The summed E-state index contributed by atoms with van der Waals surface area (Å²) in [6, 6.07) is 7.50. The number of aliphatic hydroxyl groups is 1. The Morgan fingerprint density at radius 1 is 1.10 bits per heavy atom. The first-order valence-electron chi connectivity index (χ1n) is 14.4. The number of ether oxygens (including phenoxy) is 8. The molecule has 3 fully saturated rings. The fourth-order valence-electron chi connectivity index (χ4n) is 6.09. The molecule has 0 radical (unpaired) electrons. The van der Waals surface area contributed by atoms with Gasteiger partial charge in [0.25, 0.3) is 0 Å². The number of carbonyl (C=O) groups is 1. The SMILES string of the molecule is C#CCC(Cl)CCC1OC(C2CC(OC)CC(CCC(O)CC(=O)OC)O2)[C@@]2(OC)OC(c3ccc(OC)cc3)OC12. The lowest BCUT2D eigenvalue weighted by atomic mass is 9.90. The van der Waals surface area contributed by atoms with Gasteiger partial charge in [0.05, 0.1) is 51.2 Å². The molecule has 3 aliphatic heterocycles. The van der Waals surface area contributed by atoms with E-state index in [0.717, 1.165) is 11.3 Å². The molecule has 11 heteroatoms. The van der Waals surface area contributed by atoms with Gasteiger partial charge in [0, 0.05) is 38.0 Å². The largest absolute Gasteiger partial charge is 0.497 e. The summed E-state index contributed by atoms with van der Waals surface area (Å²) in [5, 5.41) is 10.1. The highest BCUT2D eigenvalue weighted by atomic mass is 35.5. The van der Waals surface area contributed by atoms with Crippen molar-refractivity contribution < 1.29 is 47.8 Å². The maximum Gasteiger partial charge on any atom is 0.308 e. The van der Waals surface area contributed by atoms with E-state index in [9.17, 15) is 9.90 Å². The Kier molecular flexibility index (Phi) is 11.9. The molecule has 10 nitrogen and oxygen atoms in total. The Balaban J connectivity index is 1.55. The highest BCUT2D eigenvalue weighted by Crippen LogP contribution is 2.52. The molecule has 9 unspecified atom stereocenters. The highest BCUT2D eigenvalue weighted by Gasteiger charge is 2.67. The average molecular weight is 611 g/mol. The average Bonchev–Trinajstić information content (AvgIpc) is 3.54. The zero-order chi connectivity index (χ0) is 30.3. The summed E-state index contributed by atoms with van der Waals surface area (Å²) in [6.45, 7) is 0. The van der Waals surface area contributed by atoms with E-state index in [1.807, 2.05) is 24.3 Å². The summed E-state index contributed by atoms with van der Waals surface area (Å²) in [4.78, 5) is 11.6. The van der Waals surface area contributed by atoms with Crippen molar-refractivity contribution in [3.63, 3.8) is 0 Å². The van der Waals surface area contributed by atoms with Gasteiger partial charge in [-0.3, -0.25) is 4.79 Å². The molecule has 0 bridgehead atoms. The first-order valence-corrected chi connectivity index (χ1v) is 14.9. The lowest BCUT2D eigenvalue weighted by molar-refractivity contribution is -0.281. The number of aliphatic hydroxyl groups excluding tert-OH is 1. The summed E-state index contributed by atoms with van der Waals surface area (Å²) in [5.41, 5.74) is 0.818. The van der Waals surface area contributed by atoms with E-state index in [4.69, 9.17) is 51.2 Å². The van der Waals surface area contributed by atoms with Crippen molar-refractivity contribution in [2.45, 2.75) is 112 Å². The Morgan fingerprint density at radius 2 is 1.86 bits per heavy atom. The van der Waals surface area contributed by atoms with Gasteiger partial charge in [-0.25, -0.2) is 0 Å². The molecule has 0 saturated carbocycles. The van der Waals surface area contributed by atoms with Gasteiger partial charge in [-0.1, -0.05) is 12.1 Å². The molecule has 3 heterocycles. The molecule has 42 heavy (non-hydrogen) atoms. The van der Waals surface area contributed by atoms with E-state index in [1.54, 1.807) is 21.3 Å². The molecule has 3 aliphatic rings. The van der Waals surface area contributed by atoms with Crippen LogP contribution in [0.1, 0.15) is 63.2 Å². The van der Waals surface area contributed by atoms with Gasteiger partial charge >= 0.3 is 5.97 Å². The van der Waals surface area contributed by atoms with Crippen LogP contribution in [0.15, 0.2) is 24.3 Å². The number of methoxy groups -OCH3 is 4. The van der Waals surface area contributed by atoms with Crippen LogP contribution < -0.4 is 4.74 Å². The van der Waals surface area contributed by atoms with Crippen LogP contribution in [0.5, 0.6) is 5.75 Å². The van der Waals surface area contributed by atoms with Crippen molar-refractivity contribution in [3.05, 3.63) is 29.8 Å². The van der Waals surface area contributed by atoms with Crippen molar-refractivity contribution in [2.75, 3.05) is 28.4 Å². The van der Waals surface area contributed by atoms with E-state index in [0.29, 0.717) is 44.9 Å². The third-order valence-corrected chi connectivity index (χ3v) is 8.71. The lowest BCUT2D eigenvalue weighted by Gasteiger charge is -2.41. The van der Waals surface area contributed by atoms with Crippen LogP contribution in [0.25, 0.3) is 0 Å². The second kappa shape index (κ2) is 15.2. The number of terminal acetylenes is 1. The monoisotopic (exact) mass is 610 g/mol. The third-order valence-electron chi connectivity index (χ3n) is 8.34. The normalized spacial score (nSPS) is 33.9. The maximum absolute atomic E-state index is 11.6. The van der Waals surface area contributed by atoms with Gasteiger partial charge in [0.1, 0.15) is 18.0 Å². The van der Waals surface area contributed by atoms with E-state index in [2.05, 4.69) is 10.7 Å². The zero-order valence-electron chi connectivity index (χ0n) is 24.7. The van der Waals surface area contributed by atoms with Crippen molar-refractivity contribution in [1.29, 1.82) is 0 Å². The molecule has 1 N–H and O–H groups in total. The van der Waals surface area contributed by atoms with Crippen LogP contribution >= 0.6 is 11.6 Å². The summed E-state index contributed by atoms with van der Waals surface area (Å²) in [5.74, 6) is 1.63. The van der Waals surface area contributed by atoms with Crippen molar-refractivity contribution in [2.24, 2.45) is 0 Å². The van der Waals surface area contributed by atoms with Gasteiger partial charge in [0.2, 0.25) is 5.79 Å². The minimum absolute atomic E-state index is 0.0680. The molecule has 0 spiro atoms. The van der Waals surface area contributed by atoms with Gasteiger partial charge in [-0.05, 0) is 44.2 Å². The maximum atomic E-state index is 11.6. The molecule has 1 aromatic carbocycles. The van der Waals surface area contributed by atoms with Gasteiger partial charge in [-0.15, -0.1) is 23.9 Å². The number of benzene rings is 1. The molecule has 10 atom stereocenters. The van der Waals surface area contributed by atoms with E-state index in [1.165, 1.54) is 7.11 Å². The molecule has 0 aromatic heterocycles. The standard InChI is InChI=1S/C31H43ClO10/c1-6-7-20(32)10-15-25-28-31(38-5,42-30(41-28)19-8-12-22(35-2)13-9-19)29(40-25)26-18-24(36-3)17-23(39-26)14-11-21(33)16-27(34)37-4/h1,8-9,12-13,20-21,23-26,28-30,33H,7,10-11,14-18H2,2-5H3/t20?,21?,23?,24?,25?,26?,28?,29?,30?,31-/m0/s1. The first kappa shape index (κ1) is 33.0. The molecule has 3 saturated heterocycles. The van der Waals surface area contributed by atoms with Crippen LogP contribution in [0, 0.1) is 12.3 Å². The van der Waals surface area contributed by atoms with Crippen molar-refractivity contribution in [1.82, 2.24) is 0 Å². The van der Waals surface area contributed by atoms with E-state index < -0.39 is 42.5 Å². The molecular weight excluding hydrogens is 568 g/mol. The topological polar surface area (TPSA) is 111 Å². The summed E-state index contributed by atoms with van der Waals surface area (Å²) in [7, 11) is 6.18. The first-order chi connectivity index (χ1) is 20.3. The highest BCUT2D eigenvalue weighted by molar-refractivity contribution is 6.20. The van der Waals surface area contributed by atoms with Crippen LogP contribution in [0.2, 0.25) is 0 Å². The fourth-order valence-corrected chi connectivity index (χ4v) is 6.30. The minimum atomic E-state index is -1.25. The Labute approximate surface area is 253 Å². The van der Waals surface area contributed by atoms with E-state index >= 15 is 0 Å². The molecular formula is C31H43ClO10. The summed E-state index contributed by atoms with van der Waals surface area (Å²) >= 11 is 6.46. The molecule has 1 aromatic rings. The predicted octanol–water partition coefficient (Wildman–Crippen LogP) is 3.90. The quantitative estimate of drug-likeness (QED) is 0.189. The second-order valence-electron chi connectivity index (χ2n) is 11.0. The lowest BCUT2D eigenvalue weighted by Crippen LogP contribution is -2.55. The van der Waals surface area contributed by atoms with Crippen LogP contribution in [0.4, 0.5) is 0 Å². The number of rotatable bonds is 14. The Hall–Kier alpha value is -1.94. The molecule has 0 amide bonds. The molecule has 4 rings (SSSR count). The number of esters is 1. The van der Waals surface area contributed by atoms with Crippen LogP contribution in [-0.2, 0) is 38.0 Å².